The Morgan fingerprint density at radius 3 is 2.65 bits per heavy atom. The van der Waals surface area contributed by atoms with E-state index in [1.807, 2.05) is 6.92 Å². The van der Waals surface area contributed by atoms with Crippen LogP contribution in [-0.2, 0) is 14.3 Å². The monoisotopic (exact) mass is 347 g/mol. The molecule has 1 saturated heterocycles. The summed E-state index contributed by atoms with van der Waals surface area (Å²) in [6, 6.07) is 17.2. The van der Waals surface area contributed by atoms with Crippen LogP contribution in [0.2, 0.25) is 0 Å². The number of rotatable bonds is 1. The standard InChI is InChI=1S/C22H21NO3/c1-12-22(26-13(2)24)19-11-20(25-12)23-21-17(19)8-7-16-9-14-5-3-4-6-15(14)10-18(16)21/h3-10,12,19-20,22-23H,11H2,1-2H3/t12-,19-,20+,22-/m0/s1. The first-order valence-electron chi connectivity index (χ1n) is 9.15. The van der Waals surface area contributed by atoms with Crippen LogP contribution in [0.5, 0.6) is 0 Å². The minimum Gasteiger partial charge on any atom is -0.459 e. The van der Waals surface area contributed by atoms with Crippen LogP contribution in [0.25, 0.3) is 21.5 Å². The van der Waals surface area contributed by atoms with Crippen molar-refractivity contribution in [3.05, 3.63) is 54.1 Å². The highest BCUT2D eigenvalue weighted by Crippen LogP contribution is 2.46. The molecule has 0 spiro atoms. The second kappa shape index (κ2) is 5.71. The fourth-order valence-corrected chi connectivity index (χ4v) is 4.51. The van der Waals surface area contributed by atoms with Gasteiger partial charge in [-0.1, -0.05) is 36.4 Å². The van der Waals surface area contributed by atoms with Crippen molar-refractivity contribution in [3.8, 4) is 0 Å². The summed E-state index contributed by atoms with van der Waals surface area (Å²) in [6.45, 7) is 3.45. The van der Waals surface area contributed by atoms with E-state index in [2.05, 4.69) is 53.8 Å². The lowest BCUT2D eigenvalue weighted by atomic mass is 9.80. The van der Waals surface area contributed by atoms with Crippen LogP contribution in [0.15, 0.2) is 48.5 Å². The molecule has 0 unspecified atom stereocenters. The summed E-state index contributed by atoms with van der Waals surface area (Å²) < 4.78 is 11.7. The van der Waals surface area contributed by atoms with Gasteiger partial charge in [-0.15, -0.1) is 0 Å². The summed E-state index contributed by atoms with van der Waals surface area (Å²) in [6.07, 6.45) is 0.387. The van der Waals surface area contributed by atoms with Gasteiger partial charge in [0.1, 0.15) is 12.3 Å². The molecule has 0 radical (unpaired) electrons. The Hall–Kier alpha value is -2.59. The van der Waals surface area contributed by atoms with E-state index in [9.17, 15) is 4.79 Å². The van der Waals surface area contributed by atoms with E-state index < -0.39 is 0 Å². The summed E-state index contributed by atoms with van der Waals surface area (Å²) in [5.74, 6) is -0.101. The lowest BCUT2D eigenvalue weighted by Crippen LogP contribution is -2.49. The summed E-state index contributed by atoms with van der Waals surface area (Å²) in [4.78, 5) is 11.6. The Bertz CT molecular complexity index is 1030. The number of hydrogen-bond donors (Lipinski definition) is 1. The summed E-state index contributed by atoms with van der Waals surface area (Å²) in [7, 11) is 0. The van der Waals surface area contributed by atoms with E-state index in [-0.39, 0.29) is 30.3 Å². The highest BCUT2D eigenvalue weighted by Gasteiger charge is 2.43. The average Bonchev–Trinajstić information content (AvgIpc) is 2.63. The van der Waals surface area contributed by atoms with Crippen molar-refractivity contribution in [1.82, 2.24) is 0 Å². The number of fused-ring (bicyclic) bond motifs is 7. The third kappa shape index (κ3) is 2.36. The Kier molecular flexibility index (Phi) is 3.44. The topological polar surface area (TPSA) is 47.6 Å². The molecule has 2 bridgehead atoms. The zero-order valence-electron chi connectivity index (χ0n) is 14.9. The molecule has 0 aliphatic carbocycles. The molecule has 4 heteroatoms. The molecule has 2 aliphatic rings. The van der Waals surface area contributed by atoms with Crippen LogP contribution in [-0.4, -0.2) is 24.4 Å². The van der Waals surface area contributed by atoms with Crippen LogP contribution in [0.3, 0.4) is 0 Å². The highest BCUT2D eigenvalue weighted by atomic mass is 16.6. The molecule has 4 atom stereocenters. The molecule has 3 aromatic carbocycles. The van der Waals surface area contributed by atoms with E-state index in [4.69, 9.17) is 9.47 Å². The summed E-state index contributed by atoms with van der Waals surface area (Å²) >= 11 is 0. The van der Waals surface area contributed by atoms with E-state index >= 15 is 0 Å². The van der Waals surface area contributed by atoms with Crippen LogP contribution in [0, 0.1) is 0 Å². The molecule has 1 fully saturated rings. The molecule has 2 aliphatic heterocycles. The minimum absolute atomic E-state index is 0.0496. The van der Waals surface area contributed by atoms with Crippen LogP contribution in [0.4, 0.5) is 5.69 Å². The van der Waals surface area contributed by atoms with E-state index in [1.54, 1.807) is 0 Å². The number of nitrogens with one attached hydrogen (secondary N) is 1. The maximum Gasteiger partial charge on any atom is 0.303 e. The lowest BCUT2D eigenvalue weighted by molar-refractivity contribution is -0.169. The van der Waals surface area contributed by atoms with Crippen LogP contribution in [0.1, 0.15) is 31.7 Å². The Labute approximate surface area is 152 Å². The van der Waals surface area contributed by atoms with E-state index in [1.165, 1.54) is 34.0 Å². The Balaban J connectivity index is 1.70. The van der Waals surface area contributed by atoms with Crippen molar-refractivity contribution in [2.75, 3.05) is 5.32 Å². The van der Waals surface area contributed by atoms with Gasteiger partial charge in [-0.3, -0.25) is 4.79 Å². The van der Waals surface area contributed by atoms with Crippen molar-refractivity contribution in [2.45, 2.75) is 44.6 Å². The van der Waals surface area contributed by atoms with Gasteiger partial charge < -0.3 is 14.8 Å². The number of hydrogen-bond acceptors (Lipinski definition) is 4. The normalized spacial score (nSPS) is 27.0. The summed E-state index contributed by atoms with van der Waals surface area (Å²) in [5, 5.41) is 8.42. The van der Waals surface area contributed by atoms with E-state index in [0.29, 0.717) is 0 Å². The zero-order valence-corrected chi connectivity index (χ0v) is 14.9. The molecule has 0 aromatic heterocycles. The minimum atomic E-state index is -0.254. The quantitative estimate of drug-likeness (QED) is 0.517. The first-order chi connectivity index (χ1) is 12.6. The largest absolute Gasteiger partial charge is 0.459 e. The van der Waals surface area contributed by atoms with Gasteiger partial charge in [0.15, 0.2) is 0 Å². The van der Waals surface area contributed by atoms with Gasteiger partial charge in [0, 0.05) is 30.3 Å². The van der Waals surface area contributed by atoms with Gasteiger partial charge in [-0.25, -0.2) is 0 Å². The van der Waals surface area contributed by atoms with E-state index in [0.717, 1.165) is 12.1 Å². The SMILES string of the molecule is CC(=O)O[C@H]1[C@H](C)O[C@@H]2C[C@H]1c1ccc3cc4ccccc4cc3c1N2. The van der Waals surface area contributed by atoms with Crippen molar-refractivity contribution in [2.24, 2.45) is 0 Å². The number of carbonyl (C=O) groups excluding carboxylic acids is 1. The maximum absolute atomic E-state index is 11.6. The fraction of sp³-hybridized carbons (Fsp3) is 0.318. The number of anilines is 1. The van der Waals surface area contributed by atoms with Crippen LogP contribution < -0.4 is 5.32 Å². The Morgan fingerprint density at radius 2 is 1.88 bits per heavy atom. The maximum atomic E-state index is 11.6. The zero-order chi connectivity index (χ0) is 17.8. The van der Waals surface area contributed by atoms with Crippen molar-refractivity contribution >= 4 is 33.2 Å². The molecule has 3 aromatic rings. The summed E-state index contributed by atoms with van der Waals surface area (Å²) in [5.41, 5.74) is 2.32. The third-order valence-corrected chi connectivity index (χ3v) is 5.63. The molecule has 4 nitrogen and oxygen atoms in total. The molecular weight excluding hydrogens is 326 g/mol. The smallest absolute Gasteiger partial charge is 0.303 e. The number of esters is 1. The number of benzene rings is 3. The first-order valence-corrected chi connectivity index (χ1v) is 9.15. The van der Waals surface area contributed by atoms with Crippen molar-refractivity contribution in [1.29, 1.82) is 0 Å². The number of ether oxygens (including phenoxy) is 2. The molecule has 26 heavy (non-hydrogen) atoms. The fourth-order valence-electron chi connectivity index (χ4n) is 4.51. The van der Waals surface area contributed by atoms with Gasteiger partial charge in [-0.2, -0.15) is 0 Å². The van der Waals surface area contributed by atoms with Gasteiger partial charge in [0.05, 0.1) is 6.10 Å². The third-order valence-electron chi connectivity index (χ3n) is 5.63. The number of carbonyl (C=O) groups is 1. The average molecular weight is 347 g/mol. The lowest BCUT2D eigenvalue weighted by Gasteiger charge is -2.45. The molecule has 1 N–H and O–H groups in total. The van der Waals surface area contributed by atoms with Gasteiger partial charge in [-0.05, 0) is 40.8 Å². The molecular formula is C22H21NO3. The molecule has 0 amide bonds. The van der Waals surface area contributed by atoms with Crippen molar-refractivity contribution < 1.29 is 14.3 Å². The first kappa shape index (κ1) is 15.6. The molecule has 0 saturated carbocycles. The second-order valence-electron chi connectivity index (χ2n) is 7.34. The molecule has 2 heterocycles. The molecule has 5 rings (SSSR count). The van der Waals surface area contributed by atoms with Gasteiger partial charge in [0.25, 0.3) is 0 Å². The predicted molar refractivity (Wildman–Crippen MR) is 102 cm³/mol. The molecule has 132 valence electrons. The van der Waals surface area contributed by atoms with Gasteiger partial charge >= 0.3 is 5.97 Å². The highest BCUT2D eigenvalue weighted by molar-refractivity contribution is 6.05. The second-order valence-corrected chi connectivity index (χ2v) is 7.34. The van der Waals surface area contributed by atoms with Crippen LogP contribution >= 0.6 is 0 Å². The van der Waals surface area contributed by atoms with Crippen molar-refractivity contribution in [3.63, 3.8) is 0 Å². The predicted octanol–water partition coefficient (Wildman–Crippen LogP) is 4.57. The Morgan fingerprint density at radius 1 is 1.12 bits per heavy atom. The van der Waals surface area contributed by atoms with Gasteiger partial charge in [0.2, 0.25) is 0 Å².